The minimum absolute atomic E-state index is 0.205. The van der Waals surface area contributed by atoms with Gasteiger partial charge in [0.25, 0.3) is 0 Å². The largest absolute Gasteiger partial charge is 0.497 e. The molecule has 30 heavy (non-hydrogen) atoms. The normalized spacial score (nSPS) is 26.5. The summed E-state index contributed by atoms with van der Waals surface area (Å²) in [6.07, 6.45) is 3.09. The molecule has 2 aliphatic heterocycles. The van der Waals surface area contributed by atoms with Crippen LogP contribution in [0.1, 0.15) is 36.3 Å². The molecule has 3 aliphatic rings. The van der Waals surface area contributed by atoms with E-state index in [-0.39, 0.29) is 17.7 Å². The van der Waals surface area contributed by atoms with Crippen LogP contribution in [0.2, 0.25) is 0 Å². The maximum absolute atomic E-state index is 13.5. The van der Waals surface area contributed by atoms with Crippen LogP contribution in [0.25, 0.3) is 0 Å². The fourth-order valence-corrected chi connectivity index (χ4v) is 5.32. The number of rotatable bonds is 5. The van der Waals surface area contributed by atoms with Gasteiger partial charge in [0.05, 0.1) is 7.11 Å². The molecule has 5 rings (SSSR count). The van der Waals surface area contributed by atoms with Gasteiger partial charge in [-0.15, -0.1) is 0 Å². The summed E-state index contributed by atoms with van der Waals surface area (Å²) in [5.74, 6) is 1.93. The van der Waals surface area contributed by atoms with Gasteiger partial charge in [-0.1, -0.05) is 24.3 Å². The molecule has 0 spiro atoms. The number of ether oxygens (including phenoxy) is 1. The zero-order valence-electron chi connectivity index (χ0n) is 17.5. The van der Waals surface area contributed by atoms with E-state index < -0.39 is 0 Å². The quantitative estimate of drug-likeness (QED) is 0.748. The Morgan fingerprint density at radius 3 is 2.43 bits per heavy atom. The van der Waals surface area contributed by atoms with E-state index in [1.165, 1.54) is 5.56 Å². The third-order valence-corrected chi connectivity index (χ3v) is 7.09. The van der Waals surface area contributed by atoms with Crippen LogP contribution >= 0.6 is 0 Å². The molecule has 2 saturated heterocycles. The lowest BCUT2D eigenvalue weighted by atomic mass is 9.81. The van der Waals surface area contributed by atoms with Crippen LogP contribution < -0.4 is 4.74 Å². The van der Waals surface area contributed by atoms with Crippen molar-refractivity contribution in [3.63, 3.8) is 0 Å². The highest BCUT2D eigenvalue weighted by Crippen LogP contribution is 2.44. The number of nitrogens with zero attached hydrogens (tertiary/aromatic N) is 2. The highest BCUT2D eigenvalue weighted by Gasteiger charge is 2.49. The molecule has 3 atom stereocenters. The Labute approximate surface area is 177 Å². The van der Waals surface area contributed by atoms with Gasteiger partial charge in [-0.25, -0.2) is 4.39 Å². The first-order chi connectivity index (χ1) is 14.6. The first-order valence-corrected chi connectivity index (χ1v) is 11.0. The number of benzene rings is 2. The van der Waals surface area contributed by atoms with Gasteiger partial charge in [-0.3, -0.25) is 9.69 Å². The Kier molecular flexibility index (Phi) is 5.23. The predicted octanol–water partition coefficient (Wildman–Crippen LogP) is 4.06. The lowest BCUT2D eigenvalue weighted by Gasteiger charge is -2.39. The maximum Gasteiger partial charge on any atom is 0.225 e. The Balaban J connectivity index is 1.35. The van der Waals surface area contributed by atoms with Crippen molar-refractivity contribution >= 4 is 5.91 Å². The van der Waals surface area contributed by atoms with E-state index in [0.717, 1.165) is 56.8 Å². The summed E-state index contributed by atoms with van der Waals surface area (Å²) in [5.41, 5.74) is 2.43. The average Bonchev–Trinajstić information content (AvgIpc) is 3.56. The molecule has 158 valence electrons. The molecule has 2 aromatic carbocycles. The summed E-state index contributed by atoms with van der Waals surface area (Å²) in [6.45, 7) is 3.64. The van der Waals surface area contributed by atoms with E-state index in [2.05, 4.69) is 21.9 Å². The lowest BCUT2D eigenvalue weighted by Crippen LogP contribution is -2.48. The van der Waals surface area contributed by atoms with E-state index in [1.807, 2.05) is 24.3 Å². The van der Waals surface area contributed by atoms with Gasteiger partial charge in [0.1, 0.15) is 11.6 Å². The van der Waals surface area contributed by atoms with Gasteiger partial charge >= 0.3 is 0 Å². The summed E-state index contributed by atoms with van der Waals surface area (Å²) >= 11 is 0. The van der Waals surface area contributed by atoms with Gasteiger partial charge in [0, 0.05) is 50.0 Å². The molecule has 0 bridgehead atoms. The minimum atomic E-state index is -0.205. The van der Waals surface area contributed by atoms with E-state index in [4.69, 9.17) is 4.74 Å². The van der Waals surface area contributed by atoms with E-state index in [0.29, 0.717) is 17.9 Å². The van der Waals surface area contributed by atoms with Gasteiger partial charge in [-0.2, -0.15) is 0 Å². The Bertz CT molecular complexity index is 894. The third kappa shape index (κ3) is 3.83. The molecule has 2 aromatic rings. The van der Waals surface area contributed by atoms with Gasteiger partial charge in [0.2, 0.25) is 5.91 Å². The number of hydrogen-bond acceptors (Lipinski definition) is 3. The SMILES string of the molecule is COc1ccc(CN2CC[C@@H]3[C@H](C2)[C@@H](c2ccc(F)cc2)CN3C(=O)C2CC2)cc1. The zero-order chi connectivity index (χ0) is 20.7. The van der Waals surface area contributed by atoms with Crippen molar-refractivity contribution in [3.8, 4) is 5.75 Å². The lowest BCUT2D eigenvalue weighted by molar-refractivity contribution is -0.134. The maximum atomic E-state index is 13.5. The van der Waals surface area contributed by atoms with E-state index in [9.17, 15) is 9.18 Å². The molecule has 0 aromatic heterocycles. The van der Waals surface area contributed by atoms with Crippen molar-refractivity contribution in [1.29, 1.82) is 0 Å². The van der Waals surface area contributed by atoms with Crippen LogP contribution in [0, 0.1) is 17.7 Å². The molecular weight excluding hydrogens is 379 g/mol. The Morgan fingerprint density at radius 2 is 1.77 bits per heavy atom. The molecule has 1 aliphatic carbocycles. The van der Waals surface area contributed by atoms with Gasteiger partial charge in [-0.05, 0) is 54.7 Å². The minimum Gasteiger partial charge on any atom is -0.497 e. The number of likely N-dealkylation sites (tertiary alicyclic amines) is 2. The van der Waals surface area contributed by atoms with Crippen LogP contribution in [-0.4, -0.2) is 48.5 Å². The molecule has 1 amide bonds. The summed E-state index contributed by atoms with van der Waals surface area (Å²) in [4.78, 5) is 17.6. The number of piperidine rings is 1. The first-order valence-electron chi connectivity index (χ1n) is 11.0. The summed E-state index contributed by atoms with van der Waals surface area (Å²) in [6, 6.07) is 15.5. The number of carbonyl (C=O) groups excluding carboxylic acids is 1. The topological polar surface area (TPSA) is 32.8 Å². The molecule has 4 nitrogen and oxygen atoms in total. The standard InChI is InChI=1S/C25H29FN2O2/c1-30-21-10-2-17(3-11-21)14-27-13-12-24-23(15-27)22(18-6-8-20(26)9-7-18)16-28(24)25(29)19-4-5-19/h2-3,6-11,19,22-24H,4-5,12-16H2,1H3/t22-,23-,24-/m1/s1. The number of fused-ring (bicyclic) bond motifs is 1. The molecular formula is C25H29FN2O2. The Morgan fingerprint density at radius 1 is 1.03 bits per heavy atom. The molecule has 3 fully saturated rings. The van der Waals surface area contributed by atoms with Crippen molar-refractivity contribution < 1.29 is 13.9 Å². The second-order valence-electron chi connectivity index (χ2n) is 9.03. The van der Waals surface area contributed by atoms with Crippen LogP contribution in [0.4, 0.5) is 4.39 Å². The molecule has 0 N–H and O–H groups in total. The van der Waals surface area contributed by atoms with Crippen molar-refractivity contribution in [2.24, 2.45) is 11.8 Å². The third-order valence-electron chi connectivity index (χ3n) is 7.09. The number of hydrogen-bond donors (Lipinski definition) is 0. The molecule has 0 unspecified atom stereocenters. The first kappa shape index (κ1) is 19.6. The number of halogens is 1. The second-order valence-corrected chi connectivity index (χ2v) is 9.03. The highest BCUT2D eigenvalue weighted by molar-refractivity contribution is 5.82. The van der Waals surface area contributed by atoms with Crippen molar-refractivity contribution in [2.75, 3.05) is 26.7 Å². The van der Waals surface area contributed by atoms with Crippen LogP contribution in [0.5, 0.6) is 5.75 Å². The molecule has 2 heterocycles. The van der Waals surface area contributed by atoms with E-state index in [1.54, 1.807) is 19.2 Å². The molecule has 5 heteroatoms. The summed E-state index contributed by atoms with van der Waals surface area (Å²) < 4.78 is 18.8. The smallest absolute Gasteiger partial charge is 0.225 e. The van der Waals surface area contributed by atoms with E-state index >= 15 is 0 Å². The summed E-state index contributed by atoms with van der Waals surface area (Å²) in [5, 5.41) is 0. The summed E-state index contributed by atoms with van der Waals surface area (Å²) in [7, 11) is 1.68. The Hall–Kier alpha value is -2.40. The fraction of sp³-hybridized carbons (Fsp3) is 0.480. The van der Waals surface area contributed by atoms with Crippen molar-refractivity contribution in [3.05, 3.63) is 65.5 Å². The number of amides is 1. The molecule has 1 saturated carbocycles. The van der Waals surface area contributed by atoms with Crippen LogP contribution in [0.3, 0.4) is 0 Å². The van der Waals surface area contributed by atoms with Crippen molar-refractivity contribution in [2.45, 2.75) is 37.8 Å². The van der Waals surface area contributed by atoms with Crippen LogP contribution in [-0.2, 0) is 11.3 Å². The zero-order valence-corrected chi connectivity index (χ0v) is 17.5. The van der Waals surface area contributed by atoms with Gasteiger partial charge < -0.3 is 9.64 Å². The fourth-order valence-electron chi connectivity index (χ4n) is 5.32. The van der Waals surface area contributed by atoms with Crippen LogP contribution in [0.15, 0.2) is 48.5 Å². The number of methoxy groups -OCH3 is 1. The van der Waals surface area contributed by atoms with Crippen molar-refractivity contribution in [1.82, 2.24) is 9.80 Å². The predicted molar refractivity (Wildman–Crippen MR) is 114 cm³/mol. The monoisotopic (exact) mass is 408 g/mol. The second kappa shape index (κ2) is 8.03. The number of carbonyl (C=O) groups is 1. The average molecular weight is 409 g/mol. The molecule has 0 radical (unpaired) electrons. The highest BCUT2D eigenvalue weighted by atomic mass is 19.1. The van der Waals surface area contributed by atoms with Gasteiger partial charge in [0.15, 0.2) is 0 Å².